The first kappa shape index (κ1) is 23.4. The molecule has 7 heteroatoms. The summed E-state index contributed by atoms with van der Waals surface area (Å²) in [7, 11) is 3.62. The molecule has 0 radical (unpaired) electrons. The number of fused-ring (bicyclic) bond motifs is 1. The Bertz CT molecular complexity index is 1390. The molecule has 4 aromatic rings. The van der Waals surface area contributed by atoms with Crippen molar-refractivity contribution in [3.8, 4) is 11.4 Å². The lowest BCUT2D eigenvalue weighted by Crippen LogP contribution is -2.24. The van der Waals surface area contributed by atoms with Gasteiger partial charge in [-0.2, -0.15) is 0 Å². The van der Waals surface area contributed by atoms with Gasteiger partial charge in [0.25, 0.3) is 0 Å². The summed E-state index contributed by atoms with van der Waals surface area (Å²) in [5.41, 5.74) is 3.65. The first-order chi connectivity index (χ1) is 16.1. The van der Waals surface area contributed by atoms with Crippen LogP contribution in [0.5, 0.6) is 5.75 Å². The average Bonchev–Trinajstić information content (AvgIpc) is 3.38. The third-order valence-electron chi connectivity index (χ3n) is 5.81. The normalized spacial score (nSPS) is 15.4. The summed E-state index contributed by atoms with van der Waals surface area (Å²) >= 11 is 6.37. The third-order valence-corrected chi connectivity index (χ3v) is 6.27. The second kappa shape index (κ2) is 9.61. The molecule has 1 atom stereocenters. The SMILES string of the molecule is C.COc1cc(/C=C/C2=NOC(c3cccc4ccccc34)N2C)ccc1-n1cnc(C)c1Cl. The number of ether oxygens (including phenoxy) is 1. The van der Waals surface area contributed by atoms with Crippen LogP contribution in [-0.2, 0) is 4.84 Å². The molecule has 0 fully saturated rings. The van der Waals surface area contributed by atoms with Crippen molar-refractivity contribution in [1.29, 1.82) is 0 Å². The number of nitrogens with zero attached hydrogens (tertiary/aromatic N) is 4. The summed E-state index contributed by atoms with van der Waals surface area (Å²) < 4.78 is 7.41. The molecule has 174 valence electrons. The molecule has 1 aliphatic rings. The van der Waals surface area contributed by atoms with Gasteiger partial charge in [-0.15, -0.1) is 0 Å². The number of amidine groups is 1. The van der Waals surface area contributed by atoms with Gasteiger partial charge in [0, 0.05) is 12.6 Å². The Morgan fingerprint density at radius 1 is 1.06 bits per heavy atom. The Hall–Kier alpha value is -3.77. The lowest BCUT2D eigenvalue weighted by molar-refractivity contribution is 0.0202. The molecular weight excluding hydrogens is 448 g/mol. The molecule has 34 heavy (non-hydrogen) atoms. The summed E-state index contributed by atoms with van der Waals surface area (Å²) in [6.07, 6.45) is 5.34. The highest BCUT2D eigenvalue weighted by Crippen LogP contribution is 2.33. The second-order valence-electron chi connectivity index (χ2n) is 7.84. The largest absolute Gasteiger partial charge is 0.495 e. The molecule has 3 aromatic carbocycles. The van der Waals surface area contributed by atoms with Gasteiger partial charge < -0.3 is 14.5 Å². The smallest absolute Gasteiger partial charge is 0.227 e. The van der Waals surface area contributed by atoms with E-state index in [1.165, 1.54) is 5.39 Å². The zero-order valence-corrected chi connectivity index (χ0v) is 19.3. The molecule has 0 amide bonds. The minimum Gasteiger partial charge on any atom is -0.495 e. The van der Waals surface area contributed by atoms with E-state index in [1.807, 2.05) is 67.4 Å². The van der Waals surface area contributed by atoms with E-state index >= 15 is 0 Å². The maximum atomic E-state index is 6.37. The summed E-state index contributed by atoms with van der Waals surface area (Å²) in [5, 5.41) is 7.21. The number of methoxy groups -OCH3 is 1. The van der Waals surface area contributed by atoms with E-state index in [0.29, 0.717) is 10.9 Å². The van der Waals surface area contributed by atoms with E-state index in [0.717, 1.165) is 33.7 Å². The number of hydrogen-bond donors (Lipinski definition) is 0. The lowest BCUT2D eigenvalue weighted by Gasteiger charge is -2.21. The van der Waals surface area contributed by atoms with Crippen LogP contribution >= 0.6 is 11.6 Å². The number of likely N-dealkylation sites (N-methyl/N-ethyl adjacent to an activating group) is 1. The summed E-state index contributed by atoms with van der Waals surface area (Å²) in [4.78, 5) is 12.1. The molecule has 1 unspecified atom stereocenters. The number of halogens is 1. The van der Waals surface area contributed by atoms with Crippen molar-refractivity contribution in [2.24, 2.45) is 5.16 Å². The van der Waals surface area contributed by atoms with E-state index in [1.54, 1.807) is 18.0 Å². The second-order valence-corrected chi connectivity index (χ2v) is 8.20. The molecule has 6 nitrogen and oxygen atoms in total. The molecule has 1 aliphatic heterocycles. The molecular formula is C27H27ClN4O2. The number of aromatic nitrogens is 2. The van der Waals surface area contributed by atoms with Gasteiger partial charge >= 0.3 is 0 Å². The van der Waals surface area contributed by atoms with Crippen LogP contribution in [0.1, 0.15) is 30.5 Å². The Balaban J connectivity index is 0.00000274. The highest BCUT2D eigenvalue weighted by atomic mass is 35.5. The van der Waals surface area contributed by atoms with Crippen LogP contribution in [0.4, 0.5) is 0 Å². The number of rotatable bonds is 5. The monoisotopic (exact) mass is 474 g/mol. The molecule has 0 bridgehead atoms. The van der Waals surface area contributed by atoms with Gasteiger partial charge in [0.15, 0.2) is 5.84 Å². The topological polar surface area (TPSA) is 51.9 Å². The maximum absolute atomic E-state index is 6.37. The quantitative estimate of drug-likeness (QED) is 0.326. The zero-order chi connectivity index (χ0) is 22.9. The molecule has 0 spiro atoms. The van der Waals surface area contributed by atoms with Crippen molar-refractivity contribution in [3.63, 3.8) is 0 Å². The van der Waals surface area contributed by atoms with Crippen molar-refractivity contribution in [2.75, 3.05) is 14.2 Å². The van der Waals surface area contributed by atoms with E-state index in [2.05, 4.69) is 34.4 Å². The highest BCUT2D eigenvalue weighted by molar-refractivity contribution is 6.30. The van der Waals surface area contributed by atoms with Gasteiger partial charge in [0.05, 0.1) is 18.5 Å². The number of benzene rings is 3. The van der Waals surface area contributed by atoms with Gasteiger partial charge in [-0.1, -0.05) is 78.8 Å². The summed E-state index contributed by atoms with van der Waals surface area (Å²) in [5.74, 6) is 1.44. The van der Waals surface area contributed by atoms with Crippen molar-refractivity contribution >= 4 is 34.3 Å². The predicted octanol–water partition coefficient (Wildman–Crippen LogP) is 6.62. The number of hydrogen-bond acceptors (Lipinski definition) is 5. The molecule has 0 saturated heterocycles. The highest BCUT2D eigenvalue weighted by Gasteiger charge is 2.28. The van der Waals surface area contributed by atoms with Crippen molar-refractivity contribution < 1.29 is 9.57 Å². The Morgan fingerprint density at radius 2 is 1.85 bits per heavy atom. The summed E-state index contributed by atoms with van der Waals surface area (Å²) in [6, 6.07) is 20.4. The molecule has 5 rings (SSSR count). The van der Waals surface area contributed by atoms with E-state index in [4.69, 9.17) is 21.2 Å². The average molecular weight is 475 g/mol. The first-order valence-corrected chi connectivity index (χ1v) is 10.9. The van der Waals surface area contributed by atoms with Gasteiger partial charge in [-0.3, -0.25) is 4.57 Å². The van der Waals surface area contributed by atoms with Crippen LogP contribution in [0, 0.1) is 6.92 Å². The van der Waals surface area contributed by atoms with Crippen LogP contribution < -0.4 is 4.74 Å². The van der Waals surface area contributed by atoms with Crippen molar-refractivity contribution in [3.05, 3.63) is 95.0 Å². The summed E-state index contributed by atoms with van der Waals surface area (Å²) in [6.45, 7) is 1.87. The predicted molar refractivity (Wildman–Crippen MR) is 139 cm³/mol. The molecule has 0 aliphatic carbocycles. The van der Waals surface area contributed by atoms with E-state index < -0.39 is 0 Å². The van der Waals surface area contributed by atoms with Gasteiger partial charge in [-0.05, 0) is 41.5 Å². The third kappa shape index (κ3) is 4.13. The van der Waals surface area contributed by atoms with Crippen LogP contribution in [0.25, 0.3) is 22.5 Å². The number of oxime groups is 1. The standard InChI is InChI=1S/C26H23ClN4O2.CH4/c1-17-25(27)31(16-28-17)22-13-11-18(15-23(22)32-3)12-14-24-29-33-26(30(24)2)21-10-6-8-19-7-4-5-9-20(19)21;/h4-16,26H,1-3H3;1H4/b14-12+;. The fourth-order valence-corrected chi connectivity index (χ4v) is 4.18. The molecule has 0 saturated carbocycles. The minimum atomic E-state index is -0.278. The van der Waals surface area contributed by atoms with Crippen LogP contribution in [-0.4, -0.2) is 34.4 Å². The molecule has 2 heterocycles. The fourth-order valence-electron chi connectivity index (χ4n) is 4.00. The lowest BCUT2D eigenvalue weighted by atomic mass is 10.0. The minimum absolute atomic E-state index is 0. The van der Waals surface area contributed by atoms with Gasteiger partial charge in [0.2, 0.25) is 6.23 Å². The number of aryl methyl sites for hydroxylation is 1. The van der Waals surface area contributed by atoms with Crippen LogP contribution in [0.15, 0.2) is 78.2 Å². The Labute approximate surface area is 204 Å². The van der Waals surface area contributed by atoms with Crippen molar-refractivity contribution in [1.82, 2.24) is 14.5 Å². The fraction of sp³-hybridized carbons (Fsp3) is 0.185. The van der Waals surface area contributed by atoms with Gasteiger partial charge in [-0.25, -0.2) is 4.98 Å². The van der Waals surface area contributed by atoms with Gasteiger partial charge in [0.1, 0.15) is 17.2 Å². The van der Waals surface area contributed by atoms with E-state index in [-0.39, 0.29) is 13.7 Å². The molecule has 1 aromatic heterocycles. The van der Waals surface area contributed by atoms with Crippen LogP contribution in [0.3, 0.4) is 0 Å². The number of imidazole rings is 1. The van der Waals surface area contributed by atoms with Crippen LogP contribution in [0.2, 0.25) is 5.15 Å². The Morgan fingerprint density at radius 3 is 2.62 bits per heavy atom. The van der Waals surface area contributed by atoms with E-state index in [9.17, 15) is 0 Å². The zero-order valence-electron chi connectivity index (χ0n) is 18.6. The van der Waals surface area contributed by atoms with Crippen molar-refractivity contribution in [2.45, 2.75) is 20.6 Å². The Kier molecular flexibility index (Phi) is 6.61. The maximum Gasteiger partial charge on any atom is 0.227 e. The molecule has 0 N–H and O–H groups in total. The first-order valence-electron chi connectivity index (χ1n) is 10.6.